The fraction of sp³-hybridized carbons (Fsp3) is 0.917. The molecule has 0 aromatic heterocycles. The van der Waals surface area contributed by atoms with Gasteiger partial charge < -0.3 is 15.4 Å². The van der Waals surface area contributed by atoms with Crippen LogP contribution in [0.2, 0.25) is 0 Å². The zero-order valence-corrected chi connectivity index (χ0v) is 11.6. The van der Waals surface area contributed by atoms with Crippen LogP contribution in [-0.2, 0) is 9.53 Å². The van der Waals surface area contributed by atoms with Crippen molar-refractivity contribution in [2.45, 2.75) is 39.2 Å². The van der Waals surface area contributed by atoms with Crippen molar-refractivity contribution >= 4 is 18.3 Å². The number of amides is 1. The molecule has 1 amide bonds. The van der Waals surface area contributed by atoms with Gasteiger partial charge in [-0.25, -0.2) is 0 Å². The molecule has 0 spiro atoms. The van der Waals surface area contributed by atoms with Crippen molar-refractivity contribution in [1.82, 2.24) is 10.6 Å². The van der Waals surface area contributed by atoms with E-state index in [4.69, 9.17) is 4.74 Å². The molecule has 1 unspecified atom stereocenters. The molecule has 1 aliphatic rings. The van der Waals surface area contributed by atoms with Crippen LogP contribution in [0.4, 0.5) is 0 Å². The van der Waals surface area contributed by atoms with E-state index in [0.717, 1.165) is 32.0 Å². The molecule has 0 bridgehead atoms. The van der Waals surface area contributed by atoms with Crippen LogP contribution in [0.25, 0.3) is 0 Å². The Balaban J connectivity index is 0.00000256. The van der Waals surface area contributed by atoms with Crippen LogP contribution in [0.3, 0.4) is 0 Å². The minimum Gasteiger partial charge on any atom is -0.378 e. The average molecular weight is 265 g/mol. The Morgan fingerprint density at radius 2 is 2.29 bits per heavy atom. The first-order valence-corrected chi connectivity index (χ1v) is 6.27. The van der Waals surface area contributed by atoms with Crippen LogP contribution in [0.5, 0.6) is 0 Å². The minimum absolute atomic E-state index is 0. The van der Waals surface area contributed by atoms with Gasteiger partial charge in [-0.05, 0) is 45.7 Å². The lowest BCUT2D eigenvalue weighted by Crippen LogP contribution is -2.27. The summed E-state index contributed by atoms with van der Waals surface area (Å²) in [6.07, 6.45) is 3.01. The molecule has 5 heteroatoms. The van der Waals surface area contributed by atoms with Crippen molar-refractivity contribution in [2.24, 2.45) is 5.92 Å². The van der Waals surface area contributed by atoms with Gasteiger partial charge in [0.15, 0.2) is 0 Å². The molecule has 0 aliphatic carbocycles. The molecule has 102 valence electrons. The highest BCUT2D eigenvalue weighted by Gasteiger charge is 2.13. The van der Waals surface area contributed by atoms with E-state index in [0.29, 0.717) is 13.0 Å². The third kappa shape index (κ3) is 8.41. The molecule has 0 saturated carbocycles. The summed E-state index contributed by atoms with van der Waals surface area (Å²) in [5, 5.41) is 6.26. The van der Waals surface area contributed by atoms with Gasteiger partial charge >= 0.3 is 0 Å². The quantitative estimate of drug-likeness (QED) is 0.730. The van der Waals surface area contributed by atoms with Gasteiger partial charge in [-0.3, -0.25) is 4.79 Å². The van der Waals surface area contributed by atoms with Crippen molar-refractivity contribution in [2.75, 3.05) is 26.2 Å². The number of hydrogen-bond acceptors (Lipinski definition) is 3. The molecule has 0 radical (unpaired) electrons. The van der Waals surface area contributed by atoms with E-state index in [1.165, 1.54) is 6.42 Å². The van der Waals surface area contributed by atoms with E-state index in [1.54, 1.807) is 0 Å². The third-order valence-electron chi connectivity index (χ3n) is 2.82. The Bertz CT molecular complexity index is 207. The highest BCUT2D eigenvalue weighted by atomic mass is 35.5. The largest absolute Gasteiger partial charge is 0.378 e. The summed E-state index contributed by atoms with van der Waals surface area (Å²) >= 11 is 0. The van der Waals surface area contributed by atoms with Crippen LogP contribution in [0.1, 0.15) is 33.1 Å². The fourth-order valence-corrected chi connectivity index (χ4v) is 1.85. The SMILES string of the molecule is CC(C)OCCC(=O)NCCC1CCNC1.Cl. The van der Waals surface area contributed by atoms with E-state index < -0.39 is 0 Å². The van der Waals surface area contributed by atoms with Gasteiger partial charge in [0.05, 0.1) is 12.7 Å². The predicted octanol–water partition coefficient (Wildman–Crippen LogP) is 1.34. The van der Waals surface area contributed by atoms with Gasteiger partial charge in [-0.15, -0.1) is 12.4 Å². The van der Waals surface area contributed by atoms with Crippen LogP contribution in [0, 0.1) is 5.92 Å². The Morgan fingerprint density at radius 3 is 2.88 bits per heavy atom. The van der Waals surface area contributed by atoms with E-state index in [1.807, 2.05) is 13.8 Å². The van der Waals surface area contributed by atoms with Gasteiger partial charge in [0.2, 0.25) is 5.91 Å². The van der Waals surface area contributed by atoms with Gasteiger partial charge in [-0.1, -0.05) is 0 Å². The molecule has 1 fully saturated rings. The van der Waals surface area contributed by atoms with Crippen molar-refractivity contribution in [3.63, 3.8) is 0 Å². The number of carbonyl (C=O) groups excluding carboxylic acids is 1. The first-order chi connectivity index (χ1) is 7.68. The van der Waals surface area contributed by atoms with Crippen molar-refractivity contribution in [3.05, 3.63) is 0 Å². The summed E-state index contributed by atoms with van der Waals surface area (Å²) in [6, 6.07) is 0. The second-order valence-corrected chi connectivity index (χ2v) is 4.67. The number of nitrogens with one attached hydrogen (secondary N) is 2. The van der Waals surface area contributed by atoms with E-state index in [2.05, 4.69) is 10.6 Å². The van der Waals surface area contributed by atoms with Gasteiger partial charge in [0, 0.05) is 13.0 Å². The van der Waals surface area contributed by atoms with Crippen molar-refractivity contribution in [1.29, 1.82) is 0 Å². The molecule has 1 aliphatic heterocycles. The highest BCUT2D eigenvalue weighted by Crippen LogP contribution is 2.10. The van der Waals surface area contributed by atoms with Crippen LogP contribution in [-0.4, -0.2) is 38.3 Å². The van der Waals surface area contributed by atoms with Gasteiger partial charge in [-0.2, -0.15) is 0 Å². The van der Waals surface area contributed by atoms with E-state index >= 15 is 0 Å². The lowest BCUT2D eigenvalue weighted by atomic mass is 10.1. The molecule has 0 aromatic rings. The Kier molecular flexibility index (Phi) is 9.50. The highest BCUT2D eigenvalue weighted by molar-refractivity contribution is 5.85. The minimum atomic E-state index is 0. The molecule has 1 rings (SSSR count). The summed E-state index contributed by atoms with van der Waals surface area (Å²) < 4.78 is 5.32. The smallest absolute Gasteiger partial charge is 0.222 e. The number of ether oxygens (including phenoxy) is 1. The van der Waals surface area contributed by atoms with Crippen molar-refractivity contribution < 1.29 is 9.53 Å². The number of hydrogen-bond donors (Lipinski definition) is 2. The molecule has 1 heterocycles. The maximum atomic E-state index is 11.4. The summed E-state index contributed by atoms with van der Waals surface area (Å²) in [7, 11) is 0. The second kappa shape index (κ2) is 9.68. The average Bonchev–Trinajstić information content (AvgIpc) is 2.70. The molecule has 0 aromatic carbocycles. The lowest BCUT2D eigenvalue weighted by Gasteiger charge is -2.10. The normalized spacial score (nSPS) is 19.1. The number of carbonyl (C=O) groups is 1. The molecule has 1 atom stereocenters. The summed E-state index contributed by atoms with van der Waals surface area (Å²) in [6.45, 7) is 7.50. The first-order valence-electron chi connectivity index (χ1n) is 6.27. The third-order valence-corrected chi connectivity index (χ3v) is 2.82. The maximum absolute atomic E-state index is 11.4. The van der Waals surface area contributed by atoms with E-state index in [9.17, 15) is 4.79 Å². The number of halogens is 1. The molecule has 4 nitrogen and oxygen atoms in total. The zero-order chi connectivity index (χ0) is 11.8. The summed E-state index contributed by atoms with van der Waals surface area (Å²) in [4.78, 5) is 11.4. The standard InChI is InChI=1S/C12H24N2O2.ClH/c1-10(2)16-8-5-12(15)14-7-4-11-3-6-13-9-11;/h10-11,13H,3-9H2,1-2H3,(H,14,15);1H. The van der Waals surface area contributed by atoms with Crippen molar-refractivity contribution in [3.8, 4) is 0 Å². The fourth-order valence-electron chi connectivity index (χ4n) is 1.85. The monoisotopic (exact) mass is 264 g/mol. The predicted molar refractivity (Wildman–Crippen MR) is 71.6 cm³/mol. The number of rotatable bonds is 7. The van der Waals surface area contributed by atoms with Crippen LogP contribution in [0.15, 0.2) is 0 Å². The first kappa shape index (κ1) is 16.7. The molecular formula is C12H25ClN2O2. The summed E-state index contributed by atoms with van der Waals surface area (Å²) in [5.41, 5.74) is 0. The van der Waals surface area contributed by atoms with Gasteiger partial charge in [0.25, 0.3) is 0 Å². The van der Waals surface area contributed by atoms with Crippen LogP contribution < -0.4 is 10.6 Å². The zero-order valence-electron chi connectivity index (χ0n) is 10.8. The van der Waals surface area contributed by atoms with E-state index in [-0.39, 0.29) is 24.4 Å². The molecule has 17 heavy (non-hydrogen) atoms. The maximum Gasteiger partial charge on any atom is 0.222 e. The molecular weight excluding hydrogens is 240 g/mol. The van der Waals surface area contributed by atoms with Crippen LogP contribution >= 0.6 is 12.4 Å². The topological polar surface area (TPSA) is 50.4 Å². The van der Waals surface area contributed by atoms with Gasteiger partial charge in [0.1, 0.15) is 0 Å². The molecule has 2 N–H and O–H groups in total. The lowest BCUT2D eigenvalue weighted by molar-refractivity contribution is -0.122. The Labute approximate surface area is 110 Å². The Morgan fingerprint density at radius 1 is 1.53 bits per heavy atom. The summed E-state index contributed by atoms with van der Waals surface area (Å²) in [5.74, 6) is 0.846. The Hall–Kier alpha value is -0.320. The molecule has 1 saturated heterocycles. The second-order valence-electron chi connectivity index (χ2n) is 4.67.